The predicted octanol–water partition coefficient (Wildman–Crippen LogP) is 0.805. The van der Waals surface area contributed by atoms with Crippen LogP contribution in [0.25, 0.3) is 0 Å². The molecule has 8 heteroatoms. The minimum atomic E-state index is -1.11. The fourth-order valence-corrected chi connectivity index (χ4v) is 4.25. The van der Waals surface area contributed by atoms with Crippen LogP contribution in [0.2, 0.25) is 0 Å². The molecule has 1 fully saturated rings. The topological polar surface area (TPSA) is 117 Å². The molecule has 0 aromatic carbocycles. The van der Waals surface area contributed by atoms with Gasteiger partial charge in [-0.2, -0.15) is 0 Å². The third-order valence-corrected chi connectivity index (χ3v) is 5.34. The van der Waals surface area contributed by atoms with Crippen LogP contribution in [0.3, 0.4) is 0 Å². The van der Waals surface area contributed by atoms with Crippen molar-refractivity contribution in [3.8, 4) is 0 Å². The van der Waals surface area contributed by atoms with Crippen molar-refractivity contribution >= 4 is 29.5 Å². The van der Waals surface area contributed by atoms with Gasteiger partial charge in [0.15, 0.2) is 0 Å². The quantitative estimate of drug-likeness (QED) is 0.682. The van der Waals surface area contributed by atoms with Gasteiger partial charge in [0.05, 0.1) is 18.1 Å². The lowest BCUT2D eigenvalue weighted by Gasteiger charge is -2.44. The Kier molecular flexibility index (Phi) is 4.03. The molecule has 0 radical (unpaired) electrons. The summed E-state index contributed by atoms with van der Waals surface area (Å²) in [6.07, 6.45) is 1.30. The van der Waals surface area contributed by atoms with E-state index in [1.165, 1.54) is 16.7 Å². The van der Waals surface area contributed by atoms with E-state index in [1.807, 2.05) is 6.07 Å². The molecule has 3 heterocycles. The summed E-state index contributed by atoms with van der Waals surface area (Å²) in [5, 5.41) is 19.1. The van der Waals surface area contributed by atoms with E-state index in [4.69, 9.17) is 5.73 Å². The average Bonchev–Trinajstić information content (AvgIpc) is 2.79. The Bertz CT molecular complexity index is 704. The first-order valence-electron chi connectivity index (χ1n) is 7.21. The van der Waals surface area contributed by atoms with Crippen molar-refractivity contribution in [2.24, 2.45) is 5.92 Å². The largest absolute Gasteiger partial charge is 0.477 e. The summed E-state index contributed by atoms with van der Waals surface area (Å²) in [6.45, 7) is 1.56. The van der Waals surface area contributed by atoms with Crippen molar-refractivity contribution in [1.82, 2.24) is 9.88 Å². The predicted molar refractivity (Wildman–Crippen MR) is 85.0 cm³/mol. The number of nitrogen functional groups attached to an aromatic ring is 1. The Hall–Kier alpha value is -2.06. The van der Waals surface area contributed by atoms with Crippen LogP contribution in [0.1, 0.15) is 18.9 Å². The molecule has 3 atom stereocenters. The second-order valence-corrected chi connectivity index (χ2v) is 6.77. The Morgan fingerprint density at radius 2 is 2.35 bits per heavy atom. The molecule has 0 spiro atoms. The van der Waals surface area contributed by atoms with Gasteiger partial charge in [-0.3, -0.25) is 4.79 Å². The number of hydrogen-bond donors (Lipinski definition) is 3. The molecular formula is C15H17N3O4S. The maximum Gasteiger partial charge on any atom is 0.353 e. The number of pyridine rings is 1. The Morgan fingerprint density at radius 3 is 2.96 bits per heavy atom. The highest BCUT2D eigenvalue weighted by Gasteiger charge is 2.56. The smallest absolute Gasteiger partial charge is 0.353 e. The molecule has 4 N–H and O–H groups in total. The standard InChI is InChI=1S/C15H17N3O4S/c1-7(19)12-9-5-10(13(15(21)22)18(9)14(12)20)23-6-8-2-3-17-11(16)4-8/h2-4,7,9,12,19H,5-6H2,1H3,(H2,16,17)(H,21,22)/t7-,9+,12-/m1/s1. The minimum absolute atomic E-state index is 0.0453. The summed E-state index contributed by atoms with van der Waals surface area (Å²) in [5.41, 5.74) is 6.62. The molecule has 2 aliphatic heterocycles. The minimum Gasteiger partial charge on any atom is -0.477 e. The maximum atomic E-state index is 12.1. The molecule has 0 aliphatic carbocycles. The maximum absolute atomic E-state index is 12.1. The molecule has 1 aromatic rings. The van der Waals surface area contributed by atoms with E-state index in [1.54, 1.807) is 19.2 Å². The van der Waals surface area contributed by atoms with Crippen LogP contribution in [-0.2, 0) is 15.3 Å². The molecule has 0 bridgehead atoms. The molecule has 122 valence electrons. The highest BCUT2D eigenvalue weighted by Crippen LogP contribution is 2.47. The summed E-state index contributed by atoms with van der Waals surface area (Å²) in [5.74, 6) is -0.977. The molecule has 3 rings (SSSR count). The second kappa shape index (κ2) is 5.86. The number of aliphatic carboxylic acids is 1. The number of aliphatic hydroxyl groups is 1. The first kappa shape index (κ1) is 15.8. The zero-order chi connectivity index (χ0) is 16.7. The number of carbonyl (C=O) groups is 2. The number of carboxylic acids is 1. The SMILES string of the molecule is C[C@@H](O)[C@H]1C(=O)N2C(C(=O)O)=C(SCc3ccnc(N)c3)C[C@@H]12. The second-order valence-electron chi connectivity index (χ2n) is 5.70. The summed E-state index contributed by atoms with van der Waals surface area (Å²) >= 11 is 1.39. The molecular weight excluding hydrogens is 318 g/mol. The highest BCUT2D eigenvalue weighted by atomic mass is 32.2. The number of nitrogens with two attached hydrogens (primary N) is 1. The van der Waals surface area contributed by atoms with E-state index in [0.29, 0.717) is 22.9 Å². The fourth-order valence-electron chi connectivity index (χ4n) is 3.11. The van der Waals surface area contributed by atoms with Crippen molar-refractivity contribution < 1.29 is 19.8 Å². The molecule has 7 nitrogen and oxygen atoms in total. The number of thioether (sulfide) groups is 1. The van der Waals surface area contributed by atoms with Gasteiger partial charge in [-0.25, -0.2) is 9.78 Å². The normalized spacial score (nSPS) is 24.4. The lowest BCUT2D eigenvalue weighted by Crippen LogP contribution is -2.61. The van der Waals surface area contributed by atoms with Crippen molar-refractivity contribution in [1.29, 1.82) is 0 Å². The molecule has 1 amide bonds. The van der Waals surface area contributed by atoms with Crippen LogP contribution in [0.5, 0.6) is 0 Å². The molecule has 0 saturated carbocycles. The summed E-state index contributed by atoms with van der Waals surface area (Å²) in [7, 11) is 0. The molecule has 0 unspecified atom stereocenters. The number of aromatic nitrogens is 1. The Morgan fingerprint density at radius 1 is 1.61 bits per heavy atom. The lowest BCUT2D eigenvalue weighted by molar-refractivity contribution is -0.161. The Balaban J connectivity index is 1.78. The highest BCUT2D eigenvalue weighted by molar-refractivity contribution is 8.02. The number of amides is 1. The Labute approximate surface area is 137 Å². The van der Waals surface area contributed by atoms with Gasteiger partial charge in [0.2, 0.25) is 5.91 Å². The number of anilines is 1. The third-order valence-electron chi connectivity index (χ3n) is 4.15. The monoisotopic (exact) mass is 335 g/mol. The van der Waals surface area contributed by atoms with Gasteiger partial charge in [0.25, 0.3) is 0 Å². The van der Waals surface area contributed by atoms with Gasteiger partial charge in [0, 0.05) is 23.3 Å². The van der Waals surface area contributed by atoms with Crippen molar-refractivity contribution in [3.05, 3.63) is 34.5 Å². The van der Waals surface area contributed by atoms with Gasteiger partial charge in [-0.15, -0.1) is 11.8 Å². The van der Waals surface area contributed by atoms with Crippen LogP contribution in [0.4, 0.5) is 5.82 Å². The van der Waals surface area contributed by atoms with Crippen LogP contribution in [0, 0.1) is 5.92 Å². The van der Waals surface area contributed by atoms with Crippen LogP contribution in [-0.4, -0.2) is 44.1 Å². The summed E-state index contributed by atoms with van der Waals surface area (Å²) in [4.78, 5) is 29.5. The molecule has 1 aromatic heterocycles. The lowest BCUT2D eigenvalue weighted by atomic mass is 9.83. The number of hydrogen-bond acceptors (Lipinski definition) is 6. The summed E-state index contributed by atoms with van der Waals surface area (Å²) < 4.78 is 0. The van der Waals surface area contributed by atoms with Crippen LogP contribution in [0.15, 0.2) is 28.9 Å². The van der Waals surface area contributed by atoms with Crippen molar-refractivity contribution in [2.45, 2.75) is 31.2 Å². The first-order chi connectivity index (χ1) is 10.9. The first-order valence-corrected chi connectivity index (χ1v) is 8.19. The zero-order valence-electron chi connectivity index (χ0n) is 12.5. The molecule has 2 aliphatic rings. The number of aliphatic hydroxyl groups excluding tert-OH is 1. The van der Waals surface area contributed by atoms with Gasteiger partial charge in [-0.1, -0.05) is 0 Å². The number of rotatable bonds is 5. The molecule has 1 saturated heterocycles. The number of nitrogens with zero attached hydrogens (tertiary/aromatic N) is 2. The van der Waals surface area contributed by atoms with Gasteiger partial charge < -0.3 is 20.8 Å². The van der Waals surface area contributed by atoms with E-state index in [9.17, 15) is 19.8 Å². The molecule has 23 heavy (non-hydrogen) atoms. The van der Waals surface area contributed by atoms with Gasteiger partial charge >= 0.3 is 5.97 Å². The number of carboxylic acid groups (broad SMARTS) is 1. The average molecular weight is 335 g/mol. The van der Waals surface area contributed by atoms with Gasteiger partial charge in [0.1, 0.15) is 11.5 Å². The number of carbonyl (C=O) groups excluding carboxylic acids is 1. The van der Waals surface area contributed by atoms with E-state index in [0.717, 1.165) is 5.56 Å². The van der Waals surface area contributed by atoms with Crippen molar-refractivity contribution in [3.63, 3.8) is 0 Å². The van der Waals surface area contributed by atoms with Gasteiger partial charge in [-0.05, 0) is 24.6 Å². The third kappa shape index (κ3) is 2.68. The zero-order valence-corrected chi connectivity index (χ0v) is 13.3. The van der Waals surface area contributed by atoms with Crippen molar-refractivity contribution in [2.75, 3.05) is 5.73 Å². The number of fused-ring (bicyclic) bond motifs is 1. The van der Waals surface area contributed by atoms with E-state index in [2.05, 4.69) is 4.98 Å². The number of β-lactam (4-membered cyclic amide) rings is 1. The summed E-state index contributed by atoms with van der Waals surface area (Å²) in [6, 6.07) is 3.30. The fraction of sp³-hybridized carbons (Fsp3) is 0.400. The van der Waals surface area contributed by atoms with E-state index < -0.39 is 18.0 Å². The van der Waals surface area contributed by atoms with E-state index in [-0.39, 0.29) is 17.6 Å². The van der Waals surface area contributed by atoms with Crippen LogP contribution < -0.4 is 5.73 Å². The van der Waals surface area contributed by atoms with E-state index >= 15 is 0 Å². The van der Waals surface area contributed by atoms with Crippen LogP contribution >= 0.6 is 11.8 Å².